The number of carbonyl (C=O) groups excluding carboxylic acids is 2. The lowest BCUT2D eigenvalue weighted by Gasteiger charge is -2.10. The number of carbonyl (C=O) groups is 2. The van der Waals surface area contributed by atoms with Crippen LogP contribution in [0.2, 0.25) is 0 Å². The zero-order valence-electron chi connectivity index (χ0n) is 12.3. The molecule has 0 spiro atoms. The van der Waals surface area contributed by atoms with Gasteiger partial charge in [-0.1, -0.05) is 30.3 Å². The van der Waals surface area contributed by atoms with E-state index in [1.165, 1.54) is 25.1 Å². The molecule has 0 aromatic heterocycles. The van der Waals surface area contributed by atoms with Crippen LogP contribution in [0.5, 0.6) is 0 Å². The van der Waals surface area contributed by atoms with Gasteiger partial charge in [-0.15, -0.1) is 0 Å². The molecule has 0 fully saturated rings. The summed E-state index contributed by atoms with van der Waals surface area (Å²) in [5, 5.41) is 2.54. The Labute approximate surface area is 131 Å². The molecule has 0 radical (unpaired) electrons. The number of alkyl halides is 3. The molecule has 2 aromatic carbocycles. The molecular formula is C17H14F3NO2. The number of amides is 1. The van der Waals surface area contributed by atoms with E-state index in [4.69, 9.17) is 0 Å². The second-order valence-corrected chi connectivity index (χ2v) is 5.02. The van der Waals surface area contributed by atoms with Crippen LogP contribution in [0, 0.1) is 0 Å². The highest BCUT2D eigenvalue weighted by atomic mass is 19.4. The maximum Gasteiger partial charge on any atom is 0.416 e. The van der Waals surface area contributed by atoms with E-state index in [2.05, 4.69) is 5.32 Å². The van der Waals surface area contributed by atoms with Gasteiger partial charge < -0.3 is 5.32 Å². The molecular weight excluding hydrogens is 307 g/mol. The molecule has 0 aliphatic heterocycles. The molecule has 120 valence electrons. The summed E-state index contributed by atoms with van der Waals surface area (Å²) >= 11 is 0. The Morgan fingerprint density at radius 3 is 2.39 bits per heavy atom. The molecule has 0 aliphatic carbocycles. The number of hydrogen-bond donors (Lipinski definition) is 1. The van der Waals surface area contributed by atoms with Crippen LogP contribution in [0.4, 0.5) is 18.9 Å². The van der Waals surface area contributed by atoms with Gasteiger partial charge in [0.2, 0.25) is 5.91 Å². The highest BCUT2D eigenvalue weighted by Crippen LogP contribution is 2.30. The largest absolute Gasteiger partial charge is 0.416 e. The van der Waals surface area contributed by atoms with Crippen LogP contribution in [0.1, 0.15) is 28.4 Å². The van der Waals surface area contributed by atoms with E-state index < -0.39 is 11.7 Å². The number of nitrogens with one attached hydrogen (secondary N) is 1. The molecule has 2 rings (SSSR count). The second-order valence-electron chi connectivity index (χ2n) is 5.02. The number of rotatable bonds is 4. The van der Waals surface area contributed by atoms with Crippen molar-refractivity contribution < 1.29 is 22.8 Å². The topological polar surface area (TPSA) is 46.2 Å². The van der Waals surface area contributed by atoms with Crippen LogP contribution in [0.15, 0.2) is 48.5 Å². The van der Waals surface area contributed by atoms with E-state index in [1.807, 2.05) is 0 Å². The molecule has 0 bridgehead atoms. The van der Waals surface area contributed by atoms with Gasteiger partial charge in [-0.25, -0.2) is 0 Å². The van der Waals surface area contributed by atoms with E-state index in [1.54, 1.807) is 18.2 Å². The Hall–Kier alpha value is -2.63. The van der Waals surface area contributed by atoms with Gasteiger partial charge >= 0.3 is 6.18 Å². The summed E-state index contributed by atoms with van der Waals surface area (Å²) in [6.45, 7) is 1.31. The average molecular weight is 321 g/mol. The summed E-state index contributed by atoms with van der Waals surface area (Å²) in [7, 11) is 0. The molecule has 1 amide bonds. The summed E-state index contributed by atoms with van der Waals surface area (Å²) in [5.74, 6) is -0.696. The van der Waals surface area contributed by atoms with Crippen LogP contribution < -0.4 is 5.32 Å². The molecule has 0 atom stereocenters. The fourth-order valence-corrected chi connectivity index (χ4v) is 2.16. The number of anilines is 1. The number of Topliss-reactive ketones (excluding diaryl/α,β-unsaturated/α-hetero) is 1. The van der Waals surface area contributed by atoms with E-state index in [0.29, 0.717) is 5.69 Å². The quantitative estimate of drug-likeness (QED) is 0.862. The van der Waals surface area contributed by atoms with Gasteiger partial charge in [0, 0.05) is 18.9 Å². The summed E-state index contributed by atoms with van der Waals surface area (Å²) in [5.41, 5.74) is 0.0810. The predicted molar refractivity (Wildman–Crippen MR) is 80.2 cm³/mol. The summed E-state index contributed by atoms with van der Waals surface area (Å²) in [6.07, 6.45) is -4.63. The summed E-state index contributed by atoms with van der Waals surface area (Å²) < 4.78 is 38.1. The van der Waals surface area contributed by atoms with Crippen molar-refractivity contribution in [1.82, 2.24) is 0 Å². The first-order valence-electron chi connectivity index (χ1n) is 6.83. The van der Waals surface area contributed by atoms with Gasteiger partial charge in [-0.05, 0) is 23.8 Å². The van der Waals surface area contributed by atoms with E-state index >= 15 is 0 Å². The highest BCUT2D eigenvalue weighted by Gasteiger charge is 2.30. The molecule has 2 aromatic rings. The predicted octanol–water partition coefficient (Wildman–Crippen LogP) is 4.09. The van der Waals surface area contributed by atoms with Gasteiger partial charge in [-0.3, -0.25) is 9.59 Å². The van der Waals surface area contributed by atoms with E-state index in [9.17, 15) is 22.8 Å². The van der Waals surface area contributed by atoms with Crippen LogP contribution >= 0.6 is 0 Å². The van der Waals surface area contributed by atoms with E-state index in [0.717, 1.165) is 12.1 Å². The van der Waals surface area contributed by atoms with E-state index in [-0.39, 0.29) is 29.2 Å². The molecule has 1 N–H and O–H groups in total. The maximum absolute atomic E-state index is 12.7. The number of para-hydroxylation sites is 1. The minimum Gasteiger partial charge on any atom is -0.326 e. The number of benzene rings is 2. The SMILES string of the molecule is CC(=O)Nc1ccccc1C(=O)Cc1cccc(C(F)(F)F)c1. The lowest BCUT2D eigenvalue weighted by Crippen LogP contribution is -2.12. The zero-order valence-corrected chi connectivity index (χ0v) is 12.3. The molecule has 6 heteroatoms. The van der Waals surface area contributed by atoms with Crippen molar-refractivity contribution in [1.29, 1.82) is 0 Å². The molecule has 0 saturated heterocycles. The minimum atomic E-state index is -4.45. The maximum atomic E-state index is 12.7. The monoisotopic (exact) mass is 321 g/mol. The molecule has 0 aliphatic rings. The van der Waals surface area contributed by atoms with Crippen LogP contribution in [0.3, 0.4) is 0 Å². The Balaban J connectivity index is 2.25. The van der Waals surface area contributed by atoms with Crippen molar-refractivity contribution in [3.63, 3.8) is 0 Å². The second kappa shape index (κ2) is 6.64. The first kappa shape index (κ1) is 16.7. The number of halogens is 3. The Kier molecular flexibility index (Phi) is 4.83. The summed E-state index contributed by atoms with van der Waals surface area (Å²) in [6, 6.07) is 11.0. The van der Waals surface area contributed by atoms with Gasteiger partial charge in [-0.2, -0.15) is 13.2 Å². The normalized spacial score (nSPS) is 11.1. The van der Waals surface area contributed by atoms with Crippen molar-refractivity contribution in [2.75, 3.05) is 5.32 Å². The molecule has 3 nitrogen and oxygen atoms in total. The molecule has 0 unspecified atom stereocenters. The van der Waals surface area contributed by atoms with Crippen LogP contribution in [0.25, 0.3) is 0 Å². The third-order valence-corrected chi connectivity index (χ3v) is 3.16. The highest BCUT2D eigenvalue weighted by molar-refractivity contribution is 6.05. The van der Waals surface area contributed by atoms with Gasteiger partial charge in [0.1, 0.15) is 0 Å². The van der Waals surface area contributed by atoms with Gasteiger partial charge in [0.05, 0.1) is 11.3 Å². The van der Waals surface area contributed by atoms with Crippen molar-refractivity contribution in [2.24, 2.45) is 0 Å². The van der Waals surface area contributed by atoms with Crippen LogP contribution in [-0.4, -0.2) is 11.7 Å². The van der Waals surface area contributed by atoms with Crippen molar-refractivity contribution in [2.45, 2.75) is 19.5 Å². The summed E-state index contributed by atoms with van der Waals surface area (Å²) in [4.78, 5) is 23.5. The smallest absolute Gasteiger partial charge is 0.326 e. The van der Waals surface area contributed by atoms with Crippen molar-refractivity contribution in [3.05, 3.63) is 65.2 Å². The third kappa shape index (κ3) is 4.42. The van der Waals surface area contributed by atoms with Gasteiger partial charge in [0.15, 0.2) is 5.78 Å². The molecule has 0 heterocycles. The molecule has 23 heavy (non-hydrogen) atoms. The van der Waals surface area contributed by atoms with Crippen LogP contribution in [-0.2, 0) is 17.4 Å². The van der Waals surface area contributed by atoms with Gasteiger partial charge in [0.25, 0.3) is 0 Å². The Bertz CT molecular complexity index is 739. The van der Waals surface area contributed by atoms with Crippen molar-refractivity contribution in [3.8, 4) is 0 Å². The first-order chi connectivity index (χ1) is 10.8. The fraction of sp³-hybridized carbons (Fsp3) is 0.176. The number of ketones is 1. The van der Waals surface area contributed by atoms with Crippen molar-refractivity contribution >= 4 is 17.4 Å². The fourth-order valence-electron chi connectivity index (χ4n) is 2.16. The lowest BCUT2D eigenvalue weighted by molar-refractivity contribution is -0.137. The number of hydrogen-bond acceptors (Lipinski definition) is 2. The first-order valence-corrected chi connectivity index (χ1v) is 6.83. The third-order valence-electron chi connectivity index (χ3n) is 3.16. The zero-order chi connectivity index (χ0) is 17.0. The standard InChI is InChI=1S/C17H14F3NO2/c1-11(22)21-15-8-3-2-7-14(15)16(23)10-12-5-4-6-13(9-12)17(18,19)20/h2-9H,10H2,1H3,(H,21,22). The Morgan fingerprint density at radius 2 is 1.74 bits per heavy atom. The average Bonchev–Trinajstić information content (AvgIpc) is 2.46. The Morgan fingerprint density at radius 1 is 1.04 bits per heavy atom. The minimum absolute atomic E-state index is 0.180. The lowest BCUT2D eigenvalue weighted by atomic mass is 10.00. The molecule has 0 saturated carbocycles.